The SMILES string of the molecule is Cc1ncsc1-c1ccc(CNC(=O)[C@@H]2C[C@@H](O)CN2C(=O)[C@@H](NC(=O)CCN2CCC(CCCN)CC2)C(C)(C)C)cc1. The standard InChI is InChI=1S/C33H50N6O4S/c1-22-29(44-21-36-22)25-9-7-24(8-10-25)19-35-31(42)27-18-26(40)20-39(27)32(43)30(33(2,3)4)37-28(41)13-17-38-15-11-23(12-16-38)6-5-14-34/h7-10,21,23,26-27,30,40H,5-6,11-20,34H2,1-4H3,(H,35,42)(H,37,41)/t26-,27+,30-/m1/s1. The Bertz CT molecular complexity index is 1250. The number of aryl methyl sites for hydroxylation is 1. The van der Waals surface area contributed by atoms with Crippen molar-refractivity contribution in [2.75, 3.05) is 32.7 Å². The first-order chi connectivity index (χ1) is 21.0. The van der Waals surface area contributed by atoms with E-state index < -0.39 is 23.6 Å². The van der Waals surface area contributed by atoms with Gasteiger partial charge in [-0.05, 0) is 74.7 Å². The number of carbonyl (C=O) groups is 3. The Morgan fingerprint density at radius 3 is 2.48 bits per heavy atom. The number of nitrogens with two attached hydrogens (primary N) is 1. The number of aromatic nitrogens is 1. The van der Waals surface area contributed by atoms with Crippen molar-refractivity contribution in [3.8, 4) is 10.4 Å². The van der Waals surface area contributed by atoms with E-state index in [0.717, 1.165) is 60.6 Å². The fourth-order valence-electron chi connectivity index (χ4n) is 6.18. The van der Waals surface area contributed by atoms with Crippen molar-refractivity contribution in [1.82, 2.24) is 25.4 Å². The number of aliphatic hydroxyl groups is 1. The quantitative estimate of drug-likeness (QED) is 0.284. The predicted molar refractivity (Wildman–Crippen MR) is 174 cm³/mol. The van der Waals surface area contributed by atoms with Crippen molar-refractivity contribution >= 4 is 29.1 Å². The zero-order chi connectivity index (χ0) is 31.9. The van der Waals surface area contributed by atoms with Crippen LogP contribution in [0.15, 0.2) is 29.8 Å². The van der Waals surface area contributed by atoms with E-state index in [1.807, 2.05) is 57.5 Å². The van der Waals surface area contributed by atoms with Gasteiger partial charge in [0.1, 0.15) is 12.1 Å². The lowest BCUT2D eigenvalue weighted by Gasteiger charge is -2.36. The van der Waals surface area contributed by atoms with Gasteiger partial charge in [-0.15, -0.1) is 11.3 Å². The molecule has 2 fully saturated rings. The number of nitrogens with zero attached hydrogens (tertiary/aromatic N) is 3. The molecule has 2 saturated heterocycles. The molecule has 0 spiro atoms. The fraction of sp³-hybridized carbons (Fsp3) is 0.636. The Morgan fingerprint density at radius 2 is 1.86 bits per heavy atom. The van der Waals surface area contributed by atoms with Crippen molar-refractivity contribution in [2.24, 2.45) is 17.1 Å². The summed E-state index contributed by atoms with van der Waals surface area (Å²) in [6.45, 7) is 11.4. The number of piperidine rings is 1. The van der Waals surface area contributed by atoms with E-state index in [4.69, 9.17) is 5.73 Å². The first-order valence-corrected chi connectivity index (χ1v) is 16.8. The number of benzene rings is 1. The number of likely N-dealkylation sites (tertiary alicyclic amines) is 2. The lowest BCUT2D eigenvalue weighted by molar-refractivity contribution is -0.144. The van der Waals surface area contributed by atoms with Crippen molar-refractivity contribution in [2.45, 2.75) is 91.0 Å². The molecule has 0 unspecified atom stereocenters. The highest BCUT2D eigenvalue weighted by atomic mass is 32.1. The Morgan fingerprint density at radius 1 is 1.16 bits per heavy atom. The maximum Gasteiger partial charge on any atom is 0.246 e. The highest BCUT2D eigenvalue weighted by Gasteiger charge is 2.44. The van der Waals surface area contributed by atoms with E-state index in [9.17, 15) is 19.5 Å². The van der Waals surface area contributed by atoms with Crippen LogP contribution in [0.4, 0.5) is 0 Å². The lowest BCUT2D eigenvalue weighted by atomic mass is 9.85. The molecule has 3 amide bonds. The van der Waals surface area contributed by atoms with Gasteiger partial charge in [-0.2, -0.15) is 0 Å². The third-order valence-corrected chi connectivity index (χ3v) is 9.87. The van der Waals surface area contributed by atoms with Crippen LogP contribution in [0.3, 0.4) is 0 Å². The molecule has 4 rings (SSSR count). The summed E-state index contributed by atoms with van der Waals surface area (Å²) in [5.74, 6) is -0.119. The van der Waals surface area contributed by atoms with Crippen LogP contribution in [0.2, 0.25) is 0 Å². The van der Waals surface area contributed by atoms with Gasteiger partial charge in [-0.25, -0.2) is 4.98 Å². The molecular formula is C33H50N6O4S. The minimum absolute atomic E-state index is 0.0569. The average Bonchev–Trinajstić information content (AvgIpc) is 3.61. The summed E-state index contributed by atoms with van der Waals surface area (Å²) in [6, 6.07) is 6.34. The highest BCUT2D eigenvalue weighted by molar-refractivity contribution is 7.13. The maximum absolute atomic E-state index is 13.9. The number of carbonyl (C=O) groups excluding carboxylic acids is 3. The van der Waals surface area contributed by atoms with Crippen LogP contribution >= 0.6 is 11.3 Å². The molecule has 3 atom stereocenters. The summed E-state index contributed by atoms with van der Waals surface area (Å²) in [7, 11) is 0. The molecule has 5 N–H and O–H groups in total. The third-order valence-electron chi connectivity index (χ3n) is 8.89. The summed E-state index contributed by atoms with van der Waals surface area (Å²) < 4.78 is 0. The van der Waals surface area contributed by atoms with Crippen LogP contribution < -0.4 is 16.4 Å². The lowest BCUT2D eigenvalue weighted by Crippen LogP contribution is -2.58. The summed E-state index contributed by atoms with van der Waals surface area (Å²) in [5, 5.41) is 16.4. The van der Waals surface area contributed by atoms with Gasteiger partial charge in [0.15, 0.2) is 0 Å². The molecule has 0 aliphatic carbocycles. The van der Waals surface area contributed by atoms with Crippen molar-refractivity contribution in [3.63, 3.8) is 0 Å². The molecular weight excluding hydrogens is 576 g/mol. The number of rotatable bonds is 12. The van der Waals surface area contributed by atoms with Crippen molar-refractivity contribution in [3.05, 3.63) is 41.0 Å². The summed E-state index contributed by atoms with van der Waals surface area (Å²) in [5.41, 5.74) is 9.89. The number of thiazole rings is 1. The number of nitrogens with one attached hydrogen (secondary N) is 2. The van der Waals surface area contributed by atoms with E-state index in [2.05, 4.69) is 20.5 Å². The minimum Gasteiger partial charge on any atom is -0.391 e. The van der Waals surface area contributed by atoms with Crippen molar-refractivity contribution in [1.29, 1.82) is 0 Å². The molecule has 3 heterocycles. The van der Waals surface area contributed by atoms with E-state index in [1.165, 1.54) is 11.3 Å². The first kappa shape index (κ1) is 34.0. The van der Waals surface area contributed by atoms with Gasteiger partial charge in [-0.3, -0.25) is 14.4 Å². The fourth-order valence-corrected chi connectivity index (χ4v) is 6.99. The zero-order valence-corrected chi connectivity index (χ0v) is 27.5. The molecule has 1 aromatic heterocycles. The van der Waals surface area contributed by atoms with Crippen LogP contribution in [0.1, 0.15) is 70.6 Å². The molecule has 2 aromatic rings. The second-order valence-electron chi connectivity index (χ2n) is 13.4. The number of aliphatic hydroxyl groups excluding tert-OH is 1. The molecule has 2 aliphatic heterocycles. The molecule has 2 aliphatic rings. The molecule has 0 bridgehead atoms. The van der Waals surface area contributed by atoms with E-state index >= 15 is 0 Å². The smallest absolute Gasteiger partial charge is 0.246 e. The van der Waals surface area contributed by atoms with Crippen LogP contribution in [-0.2, 0) is 20.9 Å². The van der Waals surface area contributed by atoms with Gasteiger partial charge in [0.05, 0.1) is 22.2 Å². The van der Waals surface area contributed by atoms with Crippen LogP contribution in [0, 0.1) is 18.3 Å². The van der Waals surface area contributed by atoms with E-state index in [0.29, 0.717) is 25.4 Å². The zero-order valence-electron chi connectivity index (χ0n) is 26.7. The van der Waals surface area contributed by atoms with Gasteiger partial charge >= 0.3 is 0 Å². The summed E-state index contributed by atoms with van der Waals surface area (Å²) in [6.07, 6.45) is 4.15. The molecule has 242 valence electrons. The number of β-amino-alcohol motifs (C(OH)–C–C–N with tert-alkyl or cyclic N) is 1. The molecule has 10 nitrogen and oxygen atoms in total. The van der Waals surface area contributed by atoms with E-state index in [1.54, 1.807) is 11.3 Å². The largest absolute Gasteiger partial charge is 0.391 e. The number of hydrogen-bond donors (Lipinski definition) is 4. The molecule has 0 radical (unpaired) electrons. The highest BCUT2D eigenvalue weighted by Crippen LogP contribution is 2.28. The van der Waals surface area contributed by atoms with Gasteiger partial charge in [0.2, 0.25) is 17.7 Å². The van der Waals surface area contributed by atoms with Gasteiger partial charge < -0.3 is 31.3 Å². The predicted octanol–water partition coefficient (Wildman–Crippen LogP) is 3.07. The number of amides is 3. The van der Waals surface area contributed by atoms with Crippen LogP contribution in [0.25, 0.3) is 10.4 Å². The Labute approximate surface area is 265 Å². The Hall–Kier alpha value is -2.86. The van der Waals surface area contributed by atoms with Gasteiger partial charge in [-0.1, -0.05) is 45.0 Å². The first-order valence-electron chi connectivity index (χ1n) is 15.9. The topological polar surface area (TPSA) is 141 Å². The second kappa shape index (κ2) is 15.4. The summed E-state index contributed by atoms with van der Waals surface area (Å²) in [4.78, 5) is 49.4. The third kappa shape index (κ3) is 9.09. The monoisotopic (exact) mass is 626 g/mol. The normalized spacial score (nSPS) is 20.5. The van der Waals surface area contributed by atoms with Crippen molar-refractivity contribution < 1.29 is 19.5 Å². The van der Waals surface area contributed by atoms with Gasteiger partial charge in [0, 0.05) is 32.5 Å². The molecule has 1 aromatic carbocycles. The van der Waals surface area contributed by atoms with Crippen LogP contribution in [-0.4, -0.2) is 88.5 Å². The minimum atomic E-state index is -0.819. The molecule has 0 saturated carbocycles. The van der Waals surface area contributed by atoms with Crippen LogP contribution in [0.5, 0.6) is 0 Å². The average molecular weight is 627 g/mol. The Balaban J connectivity index is 1.31. The molecule has 44 heavy (non-hydrogen) atoms. The van der Waals surface area contributed by atoms with Gasteiger partial charge in [0.25, 0.3) is 0 Å². The Kier molecular flexibility index (Phi) is 11.9. The maximum atomic E-state index is 13.9. The number of hydrogen-bond acceptors (Lipinski definition) is 8. The van der Waals surface area contributed by atoms with E-state index in [-0.39, 0.29) is 30.7 Å². The second-order valence-corrected chi connectivity index (χ2v) is 14.3. The molecule has 11 heteroatoms. The summed E-state index contributed by atoms with van der Waals surface area (Å²) >= 11 is 1.59.